The number of hydrogen-bond donors (Lipinski definition) is 3. The number of ether oxygens (including phenoxy) is 2. The van der Waals surface area contributed by atoms with Crippen LogP contribution in [0.1, 0.15) is 94.9 Å². The normalized spacial score (nSPS) is 25.8. The first-order valence-corrected chi connectivity index (χ1v) is 23.4. The maximum Gasteiger partial charge on any atom is 0.433 e. The molecule has 20 heteroatoms. The third kappa shape index (κ3) is 8.84. The number of furan rings is 1. The lowest BCUT2D eigenvalue weighted by atomic mass is 10.0. The lowest BCUT2D eigenvalue weighted by Gasteiger charge is -2.30. The molecule has 0 bridgehead atoms. The fraction of sp³-hybridized carbons (Fsp3) is 0.523. The number of aryl methyl sites for hydroxylation is 1. The number of alkyl carbamates (subject to hydrolysis) is 1. The van der Waals surface area contributed by atoms with Gasteiger partial charge in [0, 0.05) is 29.0 Å². The van der Waals surface area contributed by atoms with Crippen LogP contribution < -0.4 is 20.1 Å². The van der Waals surface area contributed by atoms with E-state index in [-0.39, 0.29) is 60.5 Å². The summed E-state index contributed by atoms with van der Waals surface area (Å²) in [5.74, 6) is -2.83. The molecular formula is C44H48F3N7O9S. The largest absolute Gasteiger partial charge is 0.470 e. The van der Waals surface area contributed by atoms with Gasteiger partial charge in [-0.05, 0) is 95.4 Å². The smallest absolute Gasteiger partial charge is 0.433 e. The van der Waals surface area contributed by atoms with Crippen LogP contribution >= 0.6 is 0 Å². The van der Waals surface area contributed by atoms with Crippen LogP contribution in [-0.2, 0) is 35.3 Å². The second-order valence-corrected chi connectivity index (χ2v) is 19.4. The maximum atomic E-state index is 14.8. The summed E-state index contributed by atoms with van der Waals surface area (Å²) in [6.07, 6.45) is 4.01. The van der Waals surface area contributed by atoms with E-state index in [0.29, 0.717) is 61.4 Å². The van der Waals surface area contributed by atoms with Gasteiger partial charge in [0.05, 0.1) is 11.8 Å². The molecule has 3 saturated carbocycles. The number of alkyl halides is 3. The van der Waals surface area contributed by atoms with Crippen molar-refractivity contribution in [2.45, 2.75) is 132 Å². The van der Waals surface area contributed by atoms with Crippen LogP contribution in [0.3, 0.4) is 0 Å². The summed E-state index contributed by atoms with van der Waals surface area (Å²) in [5, 5.41) is 5.48. The first-order chi connectivity index (χ1) is 30.6. The summed E-state index contributed by atoms with van der Waals surface area (Å²) in [5.41, 5.74) is -1.68. The highest BCUT2D eigenvalue weighted by molar-refractivity contribution is 7.91. The van der Waals surface area contributed by atoms with E-state index in [1.165, 1.54) is 17.9 Å². The third-order valence-electron chi connectivity index (χ3n) is 12.8. The van der Waals surface area contributed by atoms with Gasteiger partial charge in [-0.15, -0.1) is 0 Å². The van der Waals surface area contributed by atoms with Crippen molar-refractivity contribution in [3.8, 4) is 17.3 Å². The molecule has 0 unspecified atom stereocenters. The Morgan fingerprint density at radius 1 is 0.953 bits per heavy atom. The summed E-state index contributed by atoms with van der Waals surface area (Å²) >= 11 is 0. The van der Waals surface area contributed by atoms with Crippen molar-refractivity contribution in [1.29, 1.82) is 0 Å². The molecule has 0 radical (unpaired) electrons. The zero-order valence-corrected chi connectivity index (χ0v) is 35.8. The van der Waals surface area contributed by atoms with Crippen molar-refractivity contribution in [3.63, 3.8) is 0 Å². The Hall–Kier alpha value is -5.79. The number of halogens is 3. The molecule has 1 aromatic carbocycles. The molecule has 5 atom stereocenters. The lowest BCUT2D eigenvalue weighted by molar-refractivity contribution is -0.141. The van der Waals surface area contributed by atoms with Crippen molar-refractivity contribution in [1.82, 2.24) is 35.2 Å². The average Bonchev–Trinajstić information content (AvgIpc) is 4.06. The number of para-hydroxylation sites is 1. The first kappa shape index (κ1) is 43.5. The number of sulfonamides is 1. The summed E-state index contributed by atoms with van der Waals surface area (Å²) in [4.78, 5) is 70.9. The topological polar surface area (TPSA) is 212 Å². The highest BCUT2D eigenvalue weighted by Crippen LogP contribution is 2.46. The molecule has 2 aliphatic heterocycles. The van der Waals surface area contributed by atoms with Crippen LogP contribution in [0.15, 0.2) is 53.0 Å². The molecule has 340 valence electrons. The van der Waals surface area contributed by atoms with E-state index in [4.69, 9.17) is 13.9 Å². The number of benzene rings is 1. The SMILES string of the molecule is Cc1nc(C(F)(F)F)ccc1-c1nc(O[C@@H]2C[C@H]3C(=O)N[C@]4(C(=O)NS(=O)(=O)C5CC5)C[C@H]4C=CCCCCC[C@H](NC(=O)OC4CCCC4)C(=O)N3C2)c2oc3ccccc3c2n1. The Bertz CT molecular complexity index is 2650. The first-order valence-electron chi connectivity index (χ1n) is 21.8. The molecule has 3 aliphatic carbocycles. The lowest BCUT2D eigenvalue weighted by Crippen LogP contribution is -2.58. The quantitative estimate of drug-likeness (QED) is 0.170. The summed E-state index contributed by atoms with van der Waals surface area (Å²) in [7, 11) is -3.98. The van der Waals surface area contributed by atoms with Gasteiger partial charge in [0.2, 0.25) is 27.4 Å². The van der Waals surface area contributed by atoms with Crippen LogP contribution in [0.25, 0.3) is 33.5 Å². The number of hydrogen-bond acceptors (Lipinski definition) is 12. The minimum atomic E-state index is -4.69. The van der Waals surface area contributed by atoms with Gasteiger partial charge in [-0.1, -0.05) is 37.1 Å². The number of aromatic nitrogens is 3. The number of fused-ring (bicyclic) bond motifs is 5. The Balaban J connectivity index is 1.06. The van der Waals surface area contributed by atoms with Crippen molar-refractivity contribution in [3.05, 3.63) is 59.9 Å². The molecule has 1 saturated heterocycles. The number of amides is 4. The van der Waals surface area contributed by atoms with E-state index in [1.807, 2.05) is 12.2 Å². The molecule has 4 aromatic rings. The molecule has 64 heavy (non-hydrogen) atoms. The second kappa shape index (κ2) is 17.0. The number of pyridine rings is 1. The second-order valence-electron chi connectivity index (χ2n) is 17.5. The Morgan fingerprint density at radius 3 is 2.47 bits per heavy atom. The molecule has 0 spiro atoms. The fourth-order valence-corrected chi connectivity index (χ4v) is 10.4. The van der Waals surface area contributed by atoms with Crippen molar-refractivity contribution in [2.24, 2.45) is 5.92 Å². The molecule has 3 aromatic heterocycles. The predicted octanol–water partition coefficient (Wildman–Crippen LogP) is 6.15. The van der Waals surface area contributed by atoms with E-state index < -0.39 is 80.6 Å². The molecular weight excluding hydrogens is 860 g/mol. The van der Waals surface area contributed by atoms with Crippen LogP contribution in [-0.4, -0.2) is 93.7 Å². The average molecular weight is 908 g/mol. The monoisotopic (exact) mass is 907 g/mol. The molecule has 4 amide bonds. The van der Waals surface area contributed by atoms with E-state index in [9.17, 15) is 40.8 Å². The van der Waals surface area contributed by atoms with E-state index in [0.717, 1.165) is 25.3 Å². The standard InChI is InChI=1S/C44H48F3N7O9S/c1-24-29(19-20-34(48-24)44(45,46)47)37-50-35-30-14-9-10-16-33(30)63-36(35)39(51-37)61-27-21-32-38(55)52-43(41(57)53-64(59,60)28-17-18-28)22-25(43)11-5-3-2-4-6-15-31(40(56)54(32)23-27)49-42(58)62-26-12-7-8-13-26/h5,9-11,14,16,19-20,25-28,31-32H,2-4,6-8,12-13,15,17-18,21-23H2,1H3,(H,49,58)(H,52,55)(H,53,57)/t25-,27-,31+,32+,43-/m1/s1. The van der Waals surface area contributed by atoms with Crippen LogP contribution in [0.5, 0.6) is 5.88 Å². The summed E-state index contributed by atoms with van der Waals surface area (Å²) < 4.78 is 87.3. The van der Waals surface area contributed by atoms with Gasteiger partial charge in [0.15, 0.2) is 5.82 Å². The number of carbonyl (C=O) groups excluding carboxylic acids is 4. The number of nitrogens with zero attached hydrogens (tertiary/aromatic N) is 4. The molecule has 3 N–H and O–H groups in total. The van der Waals surface area contributed by atoms with E-state index >= 15 is 0 Å². The van der Waals surface area contributed by atoms with Crippen LogP contribution in [0.4, 0.5) is 18.0 Å². The molecule has 9 rings (SSSR count). The van der Waals surface area contributed by atoms with Crippen molar-refractivity contribution >= 4 is 55.9 Å². The zero-order valence-electron chi connectivity index (χ0n) is 35.0. The fourth-order valence-electron chi connectivity index (χ4n) is 9.06. The van der Waals surface area contributed by atoms with Gasteiger partial charge < -0.3 is 29.4 Å². The number of rotatable bonds is 8. The summed E-state index contributed by atoms with van der Waals surface area (Å²) in [6, 6.07) is 6.65. The van der Waals surface area contributed by atoms with Crippen LogP contribution in [0, 0.1) is 12.8 Å². The minimum absolute atomic E-state index is 0.00285. The Labute approximate surface area is 366 Å². The Kier molecular flexibility index (Phi) is 11.5. The predicted molar refractivity (Wildman–Crippen MR) is 224 cm³/mol. The number of allylic oxidation sites excluding steroid dienone is 1. The third-order valence-corrected chi connectivity index (χ3v) is 14.6. The number of carbonyl (C=O) groups is 4. The summed E-state index contributed by atoms with van der Waals surface area (Å²) in [6.45, 7) is 1.20. The highest BCUT2D eigenvalue weighted by Gasteiger charge is 2.62. The molecule has 16 nitrogen and oxygen atoms in total. The maximum absolute atomic E-state index is 14.8. The molecule has 5 heterocycles. The highest BCUT2D eigenvalue weighted by atomic mass is 32.2. The van der Waals surface area contributed by atoms with Crippen molar-refractivity contribution < 1.29 is 54.7 Å². The Morgan fingerprint density at radius 2 is 1.72 bits per heavy atom. The van der Waals surface area contributed by atoms with Crippen molar-refractivity contribution in [2.75, 3.05) is 6.54 Å². The van der Waals surface area contributed by atoms with Gasteiger partial charge in [0.1, 0.15) is 46.6 Å². The molecule has 4 fully saturated rings. The van der Waals surface area contributed by atoms with Gasteiger partial charge in [0.25, 0.3) is 11.8 Å². The minimum Gasteiger partial charge on any atom is -0.470 e. The molecule has 5 aliphatic rings. The van der Waals surface area contributed by atoms with Gasteiger partial charge >= 0.3 is 12.3 Å². The van der Waals surface area contributed by atoms with Gasteiger partial charge in [-0.2, -0.15) is 18.2 Å². The van der Waals surface area contributed by atoms with E-state index in [2.05, 4.69) is 30.3 Å². The van der Waals surface area contributed by atoms with Gasteiger partial charge in [-0.3, -0.25) is 19.1 Å². The van der Waals surface area contributed by atoms with Crippen LogP contribution in [0.2, 0.25) is 0 Å². The van der Waals surface area contributed by atoms with Gasteiger partial charge in [-0.25, -0.2) is 23.2 Å². The number of nitrogens with one attached hydrogen (secondary N) is 3. The zero-order chi connectivity index (χ0) is 45.0. The van der Waals surface area contributed by atoms with E-state index in [1.54, 1.807) is 24.3 Å².